The molecule has 1 rings (SSSR count). The van der Waals surface area contributed by atoms with E-state index in [2.05, 4.69) is 30.1 Å². The molecule has 0 aliphatic carbocycles. The summed E-state index contributed by atoms with van der Waals surface area (Å²) in [5.74, 6) is 0.422. The van der Waals surface area contributed by atoms with Crippen molar-refractivity contribution in [1.82, 2.24) is 14.8 Å². The summed E-state index contributed by atoms with van der Waals surface area (Å²) in [6.45, 7) is 4.11. The van der Waals surface area contributed by atoms with Crippen molar-refractivity contribution in [3.05, 3.63) is 6.33 Å². The third kappa shape index (κ3) is 1.98. The van der Waals surface area contributed by atoms with Gasteiger partial charge in [-0.05, 0) is 13.8 Å². The highest BCUT2D eigenvalue weighted by atomic mass is 32.2. The van der Waals surface area contributed by atoms with E-state index in [-0.39, 0.29) is 0 Å². The summed E-state index contributed by atoms with van der Waals surface area (Å²) < 4.78 is 1.95. The molecule has 64 valence electrons. The SMILES string of the molecule is CC(C)n1cnnc1SCC#N. The minimum absolute atomic E-state index is 0.348. The van der Waals surface area contributed by atoms with Crippen LogP contribution in [-0.2, 0) is 0 Å². The average Bonchev–Trinajstić information content (AvgIpc) is 2.48. The molecule has 1 heterocycles. The van der Waals surface area contributed by atoms with Crippen LogP contribution in [0, 0.1) is 11.3 Å². The molecule has 5 heteroatoms. The average molecular weight is 182 g/mol. The minimum Gasteiger partial charge on any atom is -0.306 e. The van der Waals surface area contributed by atoms with Crippen LogP contribution >= 0.6 is 11.8 Å². The van der Waals surface area contributed by atoms with E-state index in [1.54, 1.807) is 6.33 Å². The van der Waals surface area contributed by atoms with Gasteiger partial charge in [0, 0.05) is 6.04 Å². The Morgan fingerprint density at radius 3 is 3.08 bits per heavy atom. The van der Waals surface area contributed by atoms with Gasteiger partial charge >= 0.3 is 0 Å². The predicted molar refractivity (Wildman–Crippen MR) is 46.7 cm³/mol. The first-order chi connectivity index (χ1) is 5.75. The Balaban J connectivity index is 2.72. The lowest BCUT2D eigenvalue weighted by atomic mass is 10.4. The Bertz CT molecular complexity index is 286. The van der Waals surface area contributed by atoms with Crippen molar-refractivity contribution in [2.24, 2.45) is 0 Å². The van der Waals surface area contributed by atoms with Crippen molar-refractivity contribution in [3.8, 4) is 6.07 Å². The first kappa shape index (κ1) is 9.07. The second kappa shape index (κ2) is 4.12. The Labute approximate surface area is 75.6 Å². The molecule has 0 saturated heterocycles. The smallest absolute Gasteiger partial charge is 0.192 e. The van der Waals surface area contributed by atoms with Crippen LogP contribution in [0.4, 0.5) is 0 Å². The van der Waals surface area contributed by atoms with E-state index < -0.39 is 0 Å². The number of hydrogen-bond acceptors (Lipinski definition) is 4. The highest BCUT2D eigenvalue weighted by Gasteiger charge is 2.06. The zero-order valence-corrected chi connectivity index (χ0v) is 7.88. The molecule has 0 aromatic carbocycles. The van der Waals surface area contributed by atoms with E-state index in [1.165, 1.54) is 11.8 Å². The van der Waals surface area contributed by atoms with Crippen molar-refractivity contribution in [2.45, 2.75) is 25.0 Å². The molecule has 12 heavy (non-hydrogen) atoms. The summed E-state index contributed by atoms with van der Waals surface area (Å²) in [5, 5.41) is 16.9. The van der Waals surface area contributed by atoms with Gasteiger partial charge in [0.2, 0.25) is 0 Å². The molecule has 1 aromatic rings. The molecule has 0 atom stereocenters. The zero-order chi connectivity index (χ0) is 8.97. The lowest BCUT2D eigenvalue weighted by molar-refractivity contribution is 0.549. The van der Waals surface area contributed by atoms with Gasteiger partial charge in [-0.3, -0.25) is 0 Å². The summed E-state index contributed by atoms with van der Waals surface area (Å²) >= 11 is 1.41. The van der Waals surface area contributed by atoms with Crippen LogP contribution in [-0.4, -0.2) is 20.5 Å². The molecule has 0 amide bonds. The van der Waals surface area contributed by atoms with E-state index in [1.807, 2.05) is 4.57 Å². The van der Waals surface area contributed by atoms with Crippen LogP contribution in [0.3, 0.4) is 0 Å². The summed E-state index contributed by atoms with van der Waals surface area (Å²) in [4.78, 5) is 0. The van der Waals surface area contributed by atoms with Crippen molar-refractivity contribution < 1.29 is 0 Å². The standard InChI is InChI=1S/C7H10N4S/c1-6(2)11-5-9-10-7(11)12-4-3-8/h5-6H,4H2,1-2H3. The van der Waals surface area contributed by atoms with Crippen LogP contribution < -0.4 is 0 Å². The van der Waals surface area contributed by atoms with Gasteiger partial charge in [-0.15, -0.1) is 10.2 Å². The number of rotatable bonds is 3. The molecular formula is C7H10N4S. The highest BCUT2D eigenvalue weighted by molar-refractivity contribution is 7.99. The van der Waals surface area contributed by atoms with Gasteiger partial charge in [0.1, 0.15) is 6.33 Å². The van der Waals surface area contributed by atoms with E-state index >= 15 is 0 Å². The Kier molecular flexibility index (Phi) is 3.11. The lowest BCUT2D eigenvalue weighted by Gasteiger charge is -2.07. The topological polar surface area (TPSA) is 54.5 Å². The maximum atomic E-state index is 8.37. The summed E-state index contributed by atoms with van der Waals surface area (Å²) in [6.07, 6.45) is 1.68. The number of hydrogen-bond donors (Lipinski definition) is 0. The van der Waals surface area contributed by atoms with E-state index in [9.17, 15) is 0 Å². The molecular weight excluding hydrogens is 172 g/mol. The number of thioether (sulfide) groups is 1. The number of aromatic nitrogens is 3. The predicted octanol–water partition coefficient (Wildman–Crippen LogP) is 1.47. The van der Waals surface area contributed by atoms with Gasteiger partial charge in [0.05, 0.1) is 11.8 Å². The Morgan fingerprint density at radius 2 is 2.50 bits per heavy atom. The van der Waals surface area contributed by atoms with Crippen LogP contribution in [0.5, 0.6) is 0 Å². The molecule has 0 aliphatic rings. The molecule has 0 spiro atoms. The third-order valence-corrected chi connectivity index (χ3v) is 2.19. The number of nitrogens with zero attached hydrogens (tertiary/aromatic N) is 4. The number of nitriles is 1. The van der Waals surface area contributed by atoms with Crippen LogP contribution in [0.2, 0.25) is 0 Å². The fourth-order valence-electron chi connectivity index (χ4n) is 0.786. The quantitative estimate of drug-likeness (QED) is 0.664. The maximum Gasteiger partial charge on any atom is 0.192 e. The normalized spacial score (nSPS) is 10.2. The van der Waals surface area contributed by atoms with Crippen LogP contribution in [0.15, 0.2) is 11.5 Å². The summed E-state index contributed by atoms with van der Waals surface area (Å²) in [7, 11) is 0. The molecule has 0 aliphatic heterocycles. The summed E-state index contributed by atoms with van der Waals surface area (Å²) in [5.41, 5.74) is 0. The second-order valence-electron chi connectivity index (χ2n) is 2.56. The molecule has 1 aromatic heterocycles. The van der Waals surface area contributed by atoms with Crippen LogP contribution in [0.1, 0.15) is 19.9 Å². The van der Waals surface area contributed by atoms with Gasteiger partial charge in [0.15, 0.2) is 5.16 Å². The van der Waals surface area contributed by atoms with Crippen molar-refractivity contribution in [1.29, 1.82) is 5.26 Å². The fraction of sp³-hybridized carbons (Fsp3) is 0.571. The van der Waals surface area contributed by atoms with Gasteiger partial charge < -0.3 is 4.57 Å². The van der Waals surface area contributed by atoms with Gasteiger partial charge in [0.25, 0.3) is 0 Å². The van der Waals surface area contributed by atoms with Crippen molar-refractivity contribution >= 4 is 11.8 Å². The maximum absolute atomic E-state index is 8.37. The van der Waals surface area contributed by atoms with E-state index in [0.717, 1.165) is 5.16 Å². The zero-order valence-electron chi connectivity index (χ0n) is 7.06. The van der Waals surface area contributed by atoms with Crippen LogP contribution in [0.25, 0.3) is 0 Å². The molecule has 4 nitrogen and oxygen atoms in total. The first-order valence-electron chi connectivity index (χ1n) is 3.65. The Morgan fingerprint density at radius 1 is 1.75 bits per heavy atom. The minimum atomic E-state index is 0.348. The summed E-state index contributed by atoms with van der Waals surface area (Å²) in [6, 6.07) is 2.40. The lowest BCUT2D eigenvalue weighted by Crippen LogP contribution is -2.00. The van der Waals surface area contributed by atoms with Gasteiger partial charge in [-0.25, -0.2) is 0 Å². The molecule has 0 radical (unpaired) electrons. The molecule has 0 fully saturated rings. The second-order valence-corrected chi connectivity index (χ2v) is 3.50. The first-order valence-corrected chi connectivity index (χ1v) is 4.63. The third-order valence-electron chi connectivity index (χ3n) is 1.36. The molecule has 0 saturated carbocycles. The van der Waals surface area contributed by atoms with Gasteiger partial charge in [-0.1, -0.05) is 11.8 Å². The largest absolute Gasteiger partial charge is 0.306 e. The fourth-order valence-corrected chi connectivity index (χ4v) is 1.49. The monoisotopic (exact) mass is 182 g/mol. The van der Waals surface area contributed by atoms with Gasteiger partial charge in [-0.2, -0.15) is 5.26 Å². The van der Waals surface area contributed by atoms with Crippen molar-refractivity contribution in [3.63, 3.8) is 0 Å². The highest BCUT2D eigenvalue weighted by Crippen LogP contribution is 2.17. The van der Waals surface area contributed by atoms with E-state index in [4.69, 9.17) is 5.26 Å². The Hall–Kier alpha value is -1.02. The van der Waals surface area contributed by atoms with E-state index in [0.29, 0.717) is 11.8 Å². The van der Waals surface area contributed by atoms with Crippen molar-refractivity contribution in [2.75, 3.05) is 5.75 Å². The molecule has 0 N–H and O–H groups in total. The molecule has 0 unspecified atom stereocenters. The molecule has 0 bridgehead atoms.